The van der Waals surface area contributed by atoms with Crippen molar-refractivity contribution < 1.29 is 21.6 Å². The Morgan fingerprint density at radius 1 is 1.03 bits per heavy atom. The molecule has 1 atom stereocenters. The summed E-state index contributed by atoms with van der Waals surface area (Å²) in [5.74, 6) is 1.65. The molecule has 11 heteroatoms. The van der Waals surface area contributed by atoms with Gasteiger partial charge in [-0.25, -0.2) is 18.4 Å². The summed E-state index contributed by atoms with van der Waals surface area (Å²) in [6, 6.07) is 9.48. The molecule has 2 aromatic heterocycles. The standard InChI is InChI=1S/C27H33F3N4O2S2/c1-3-23-31-24(22-13-21(14-27(28,29)30)37-25(22)32-23)34-12-10-26(18-34)9-11-33(17-26)15-19-5-7-20(8-6-19)16-38(35,36)4-2/h5-8,13H,3-4,9-12,14-18H2,1-2H3. The van der Waals surface area contributed by atoms with Crippen LogP contribution in [0.3, 0.4) is 0 Å². The van der Waals surface area contributed by atoms with Crippen LogP contribution in [0, 0.1) is 5.41 Å². The van der Waals surface area contributed by atoms with Gasteiger partial charge in [-0.1, -0.05) is 38.1 Å². The van der Waals surface area contributed by atoms with E-state index in [-0.39, 0.29) is 21.8 Å². The fourth-order valence-corrected chi connectivity index (χ4v) is 7.63. The number of nitrogens with zero attached hydrogens (tertiary/aromatic N) is 4. The first-order valence-corrected chi connectivity index (χ1v) is 15.7. The first-order valence-electron chi connectivity index (χ1n) is 13.1. The Kier molecular flexibility index (Phi) is 7.47. The fraction of sp³-hybridized carbons (Fsp3) is 0.556. The molecule has 6 nitrogen and oxygen atoms in total. The zero-order chi connectivity index (χ0) is 27.1. The van der Waals surface area contributed by atoms with Gasteiger partial charge in [-0.2, -0.15) is 13.2 Å². The molecular formula is C27H33F3N4O2S2. The van der Waals surface area contributed by atoms with Crippen LogP contribution in [-0.2, 0) is 35.0 Å². The van der Waals surface area contributed by atoms with Crippen molar-refractivity contribution in [2.24, 2.45) is 5.41 Å². The second-order valence-electron chi connectivity index (χ2n) is 10.7. The van der Waals surface area contributed by atoms with E-state index in [1.54, 1.807) is 13.0 Å². The van der Waals surface area contributed by atoms with E-state index < -0.39 is 22.4 Å². The van der Waals surface area contributed by atoms with Gasteiger partial charge in [0.25, 0.3) is 0 Å². The van der Waals surface area contributed by atoms with Gasteiger partial charge in [0, 0.05) is 48.6 Å². The molecule has 0 aliphatic carbocycles. The first kappa shape index (κ1) is 27.3. The van der Waals surface area contributed by atoms with E-state index in [4.69, 9.17) is 4.98 Å². The Morgan fingerprint density at radius 3 is 2.42 bits per heavy atom. The largest absolute Gasteiger partial charge is 0.393 e. The van der Waals surface area contributed by atoms with Crippen molar-refractivity contribution in [2.75, 3.05) is 36.8 Å². The average molecular weight is 567 g/mol. The second-order valence-corrected chi connectivity index (χ2v) is 14.1. The molecule has 2 fully saturated rings. The Hall–Kier alpha value is -2.24. The Balaban J connectivity index is 1.27. The van der Waals surface area contributed by atoms with Gasteiger partial charge in [-0.3, -0.25) is 4.90 Å². The molecule has 2 aliphatic heterocycles. The van der Waals surface area contributed by atoms with Crippen LogP contribution in [0.1, 0.15) is 48.5 Å². The van der Waals surface area contributed by atoms with Crippen molar-refractivity contribution in [2.45, 2.75) is 58.0 Å². The van der Waals surface area contributed by atoms with Gasteiger partial charge in [-0.15, -0.1) is 11.3 Å². The molecule has 5 rings (SSSR count). The average Bonchev–Trinajstić information content (AvgIpc) is 3.57. The number of rotatable bonds is 8. The van der Waals surface area contributed by atoms with E-state index in [1.807, 2.05) is 31.2 Å². The number of anilines is 1. The van der Waals surface area contributed by atoms with Crippen molar-refractivity contribution >= 4 is 37.2 Å². The Labute approximate surface area is 225 Å². The molecular weight excluding hydrogens is 533 g/mol. The molecule has 0 bridgehead atoms. The van der Waals surface area contributed by atoms with Crippen molar-refractivity contribution in [3.05, 3.63) is 52.2 Å². The molecule has 1 aromatic carbocycles. The molecule has 206 valence electrons. The van der Waals surface area contributed by atoms with Crippen molar-refractivity contribution in [1.29, 1.82) is 0 Å². The maximum atomic E-state index is 13.0. The van der Waals surface area contributed by atoms with Gasteiger partial charge in [0.15, 0.2) is 9.84 Å². The minimum absolute atomic E-state index is 0.0737. The van der Waals surface area contributed by atoms with Crippen LogP contribution >= 0.6 is 11.3 Å². The molecule has 3 aromatic rings. The summed E-state index contributed by atoms with van der Waals surface area (Å²) in [7, 11) is -3.05. The van der Waals surface area contributed by atoms with Crippen LogP contribution in [0.15, 0.2) is 30.3 Å². The summed E-state index contributed by atoms with van der Waals surface area (Å²) in [6.07, 6.45) is -2.48. The lowest BCUT2D eigenvalue weighted by Gasteiger charge is -2.25. The summed E-state index contributed by atoms with van der Waals surface area (Å²) < 4.78 is 62.9. The van der Waals surface area contributed by atoms with Crippen molar-refractivity contribution in [1.82, 2.24) is 14.9 Å². The van der Waals surface area contributed by atoms with Gasteiger partial charge in [0.1, 0.15) is 16.5 Å². The molecule has 1 unspecified atom stereocenters. The Morgan fingerprint density at radius 2 is 1.74 bits per heavy atom. The van der Waals surface area contributed by atoms with Gasteiger partial charge in [0.2, 0.25) is 0 Å². The van der Waals surface area contributed by atoms with E-state index in [0.717, 1.165) is 79.2 Å². The van der Waals surface area contributed by atoms with Gasteiger partial charge < -0.3 is 4.90 Å². The number of halogens is 3. The number of fused-ring (bicyclic) bond motifs is 1. The van der Waals surface area contributed by atoms with Crippen LogP contribution in [-0.4, -0.2) is 61.4 Å². The van der Waals surface area contributed by atoms with E-state index >= 15 is 0 Å². The highest BCUT2D eigenvalue weighted by atomic mass is 32.2. The Bertz CT molecular complexity index is 1410. The molecule has 1 spiro atoms. The number of aromatic nitrogens is 2. The fourth-order valence-electron chi connectivity index (χ4n) is 5.65. The quantitative estimate of drug-likeness (QED) is 0.364. The predicted octanol–water partition coefficient (Wildman–Crippen LogP) is 5.40. The lowest BCUT2D eigenvalue weighted by Crippen LogP contribution is -2.31. The zero-order valence-corrected chi connectivity index (χ0v) is 23.4. The number of aryl methyl sites for hydroxylation is 1. The molecule has 38 heavy (non-hydrogen) atoms. The highest BCUT2D eigenvalue weighted by Crippen LogP contribution is 2.43. The van der Waals surface area contributed by atoms with Gasteiger partial charge in [-0.05, 0) is 36.6 Å². The normalized spacial score (nSPS) is 20.8. The summed E-state index contributed by atoms with van der Waals surface area (Å²) in [4.78, 5) is 14.9. The molecule has 0 N–H and O–H groups in total. The maximum absolute atomic E-state index is 13.0. The first-order chi connectivity index (χ1) is 18.0. The van der Waals surface area contributed by atoms with Crippen LogP contribution in [0.4, 0.5) is 19.0 Å². The minimum atomic E-state index is -4.25. The molecule has 0 saturated carbocycles. The summed E-state index contributed by atoms with van der Waals surface area (Å²) >= 11 is 1.12. The summed E-state index contributed by atoms with van der Waals surface area (Å²) in [6.45, 7) is 8.03. The second kappa shape index (κ2) is 10.4. The number of likely N-dealkylation sites (tertiary alicyclic amines) is 1. The predicted molar refractivity (Wildman–Crippen MR) is 145 cm³/mol. The van der Waals surface area contributed by atoms with Gasteiger partial charge >= 0.3 is 6.18 Å². The number of benzene rings is 1. The maximum Gasteiger partial charge on any atom is 0.393 e. The summed E-state index contributed by atoms with van der Waals surface area (Å²) in [5.41, 5.74) is 2.10. The third-order valence-electron chi connectivity index (χ3n) is 7.67. The highest BCUT2D eigenvalue weighted by Gasteiger charge is 2.44. The van der Waals surface area contributed by atoms with Crippen molar-refractivity contribution in [3.63, 3.8) is 0 Å². The molecule has 2 saturated heterocycles. The molecule has 0 radical (unpaired) electrons. The van der Waals surface area contributed by atoms with Crippen LogP contribution < -0.4 is 4.90 Å². The lowest BCUT2D eigenvalue weighted by molar-refractivity contribution is -0.126. The van der Waals surface area contributed by atoms with Gasteiger partial charge in [0.05, 0.1) is 17.6 Å². The number of hydrogen-bond acceptors (Lipinski definition) is 7. The number of alkyl halides is 3. The number of sulfone groups is 1. The van der Waals surface area contributed by atoms with E-state index in [1.165, 1.54) is 0 Å². The molecule has 4 heterocycles. The van der Waals surface area contributed by atoms with E-state index in [2.05, 4.69) is 14.8 Å². The molecule has 2 aliphatic rings. The third-order valence-corrected chi connectivity index (χ3v) is 10.4. The summed E-state index contributed by atoms with van der Waals surface area (Å²) in [5, 5.41) is 0.725. The monoisotopic (exact) mass is 566 g/mol. The van der Waals surface area contributed by atoms with Crippen LogP contribution in [0.5, 0.6) is 0 Å². The van der Waals surface area contributed by atoms with Crippen LogP contribution in [0.2, 0.25) is 0 Å². The smallest absolute Gasteiger partial charge is 0.355 e. The lowest BCUT2D eigenvalue weighted by atomic mass is 9.86. The topological polar surface area (TPSA) is 66.4 Å². The third kappa shape index (κ3) is 6.15. The number of hydrogen-bond donors (Lipinski definition) is 0. The van der Waals surface area contributed by atoms with Crippen molar-refractivity contribution in [3.8, 4) is 0 Å². The molecule has 0 amide bonds. The SMILES string of the molecule is CCc1nc(N2CCC3(CCN(Cc4ccc(CS(=O)(=O)CC)cc4)C3)C2)c2cc(CC(F)(F)F)sc2n1. The van der Waals surface area contributed by atoms with E-state index in [9.17, 15) is 21.6 Å². The minimum Gasteiger partial charge on any atom is -0.355 e. The highest BCUT2D eigenvalue weighted by molar-refractivity contribution is 7.90. The zero-order valence-electron chi connectivity index (χ0n) is 21.7. The number of thiophene rings is 1. The van der Waals surface area contributed by atoms with E-state index in [0.29, 0.717) is 17.1 Å². The van der Waals surface area contributed by atoms with Crippen LogP contribution in [0.25, 0.3) is 10.2 Å².